The molecule has 5 heteroatoms. The van der Waals surface area contributed by atoms with Gasteiger partial charge in [0, 0.05) is 11.4 Å². The van der Waals surface area contributed by atoms with Gasteiger partial charge in [-0.05, 0) is 25.0 Å². The largest absolute Gasteiger partial charge is 0.349 e. The van der Waals surface area contributed by atoms with E-state index in [1.807, 2.05) is 24.3 Å². The number of thioether (sulfide) groups is 1. The number of carbonyl (C=O) groups is 1. The Labute approximate surface area is 121 Å². The van der Waals surface area contributed by atoms with Gasteiger partial charge < -0.3 is 5.32 Å². The van der Waals surface area contributed by atoms with Gasteiger partial charge in [-0.25, -0.2) is 4.98 Å². The maximum absolute atomic E-state index is 12.3. The standard InChI is InChI=1S/C15H13N3OS/c16-7-8-20-14-9-12(15(19)17-10-5-6-10)11-3-1-2-4-13(11)18-14/h1-4,9-10H,5-6,8H2,(H,17,19). The molecule has 1 aromatic heterocycles. The Morgan fingerprint density at radius 2 is 2.25 bits per heavy atom. The van der Waals surface area contributed by atoms with E-state index >= 15 is 0 Å². The lowest BCUT2D eigenvalue weighted by molar-refractivity contribution is 0.0952. The summed E-state index contributed by atoms with van der Waals surface area (Å²) in [6.45, 7) is 0. The number of benzene rings is 1. The van der Waals surface area contributed by atoms with E-state index in [0.29, 0.717) is 22.4 Å². The Kier molecular flexibility index (Phi) is 3.57. The molecule has 20 heavy (non-hydrogen) atoms. The molecule has 0 saturated heterocycles. The highest BCUT2D eigenvalue weighted by atomic mass is 32.2. The van der Waals surface area contributed by atoms with Crippen LogP contribution in [-0.2, 0) is 0 Å². The second-order valence-corrected chi connectivity index (χ2v) is 5.72. The molecule has 0 spiro atoms. The average molecular weight is 283 g/mol. The van der Waals surface area contributed by atoms with E-state index in [1.165, 1.54) is 11.8 Å². The number of amides is 1. The molecule has 0 bridgehead atoms. The van der Waals surface area contributed by atoms with Crippen molar-refractivity contribution in [2.45, 2.75) is 23.9 Å². The van der Waals surface area contributed by atoms with Crippen molar-refractivity contribution in [3.05, 3.63) is 35.9 Å². The van der Waals surface area contributed by atoms with Crippen molar-refractivity contribution < 1.29 is 4.79 Å². The summed E-state index contributed by atoms with van der Waals surface area (Å²) in [6.07, 6.45) is 2.12. The SMILES string of the molecule is N#CCSc1cc(C(=O)NC2CC2)c2ccccc2n1. The van der Waals surface area contributed by atoms with Gasteiger partial charge in [-0.1, -0.05) is 30.0 Å². The molecule has 2 aromatic rings. The Morgan fingerprint density at radius 3 is 3.00 bits per heavy atom. The second kappa shape index (κ2) is 5.51. The molecule has 1 N–H and O–H groups in total. The summed E-state index contributed by atoms with van der Waals surface area (Å²) in [5.41, 5.74) is 1.43. The van der Waals surface area contributed by atoms with Gasteiger partial charge in [0.15, 0.2) is 0 Å². The highest BCUT2D eigenvalue weighted by Crippen LogP contribution is 2.25. The van der Waals surface area contributed by atoms with E-state index in [1.54, 1.807) is 6.07 Å². The average Bonchev–Trinajstić information content (AvgIpc) is 3.28. The first kappa shape index (κ1) is 12.9. The normalized spacial score (nSPS) is 13.9. The number of pyridine rings is 1. The molecule has 0 aliphatic heterocycles. The summed E-state index contributed by atoms with van der Waals surface area (Å²) in [5, 5.41) is 13.2. The molecule has 1 amide bonds. The molecular formula is C15H13N3OS. The van der Waals surface area contributed by atoms with Crippen LogP contribution in [0.3, 0.4) is 0 Å². The first-order chi connectivity index (χ1) is 9.78. The Morgan fingerprint density at radius 1 is 1.45 bits per heavy atom. The molecule has 1 aliphatic carbocycles. The fourth-order valence-electron chi connectivity index (χ4n) is 2.01. The van der Waals surface area contributed by atoms with Crippen LogP contribution in [0.1, 0.15) is 23.2 Å². The lowest BCUT2D eigenvalue weighted by atomic mass is 10.1. The van der Waals surface area contributed by atoms with Crippen LogP contribution < -0.4 is 5.32 Å². The van der Waals surface area contributed by atoms with Gasteiger partial charge >= 0.3 is 0 Å². The van der Waals surface area contributed by atoms with Gasteiger partial charge in [-0.15, -0.1) is 0 Å². The van der Waals surface area contributed by atoms with Gasteiger partial charge in [-0.3, -0.25) is 4.79 Å². The Hall–Kier alpha value is -2.06. The zero-order valence-electron chi connectivity index (χ0n) is 10.8. The van der Waals surface area contributed by atoms with Gasteiger partial charge in [0.05, 0.1) is 27.9 Å². The number of para-hydroxylation sites is 1. The molecular weight excluding hydrogens is 270 g/mol. The van der Waals surface area contributed by atoms with E-state index < -0.39 is 0 Å². The van der Waals surface area contributed by atoms with Crippen LogP contribution in [0, 0.1) is 11.3 Å². The number of hydrogen-bond donors (Lipinski definition) is 1. The predicted octanol–water partition coefficient (Wildman–Crippen LogP) is 2.74. The third kappa shape index (κ3) is 2.75. The van der Waals surface area contributed by atoms with E-state index in [0.717, 1.165) is 23.7 Å². The number of nitriles is 1. The highest BCUT2D eigenvalue weighted by molar-refractivity contribution is 7.99. The zero-order valence-corrected chi connectivity index (χ0v) is 11.6. The Bertz CT molecular complexity index is 704. The smallest absolute Gasteiger partial charge is 0.252 e. The number of carbonyl (C=O) groups excluding carboxylic acids is 1. The minimum atomic E-state index is -0.0510. The second-order valence-electron chi connectivity index (χ2n) is 4.72. The van der Waals surface area contributed by atoms with Crippen molar-refractivity contribution in [1.29, 1.82) is 5.26 Å². The number of nitrogens with one attached hydrogen (secondary N) is 1. The van der Waals surface area contributed by atoms with Gasteiger partial charge in [0.25, 0.3) is 5.91 Å². The van der Waals surface area contributed by atoms with E-state index in [9.17, 15) is 4.79 Å². The maximum Gasteiger partial charge on any atom is 0.252 e. The van der Waals surface area contributed by atoms with Crippen LogP contribution in [0.4, 0.5) is 0 Å². The summed E-state index contributed by atoms with van der Waals surface area (Å²) < 4.78 is 0. The van der Waals surface area contributed by atoms with Crippen molar-refractivity contribution in [2.24, 2.45) is 0 Å². The van der Waals surface area contributed by atoms with Crippen LogP contribution >= 0.6 is 11.8 Å². The van der Waals surface area contributed by atoms with E-state index in [4.69, 9.17) is 5.26 Å². The number of nitrogens with zero attached hydrogens (tertiary/aromatic N) is 2. The fraction of sp³-hybridized carbons (Fsp3) is 0.267. The molecule has 0 radical (unpaired) electrons. The fourth-order valence-corrected chi connectivity index (χ4v) is 2.59. The Balaban J connectivity index is 2.02. The van der Waals surface area contributed by atoms with Gasteiger partial charge in [-0.2, -0.15) is 5.26 Å². The van der Waals surface area contributed by atoms with Crippen molar-refractivity contribution in [2.75, 3.05) is 5.75 Å². The van der Waals surface area contributed by atoms with Crippen molar-refractivity contribution >= 4 is 28.6 Å². The lowest BCUT2D eigenvalue weighted by Gasteiger charge is -2.09. The molecule has 3 rings (SSSR count). The monoisotopic (exact) mass is 283 g/mol. The predicted molar refractivity (Wildman–Crippen MR) is 78.6 cm³/mol. The van der Waals surface area contributed by atoms with Crippen molar-refractivity contribution in [1.82, 2.24) is 10.3 Å². The number of hydrogen-bond acceptors (Lipinski definition) is 4. The molecule has 1 aliphatic rings. The van der Waals surface area contributed by atoms with Crippen molar-refractivity contribution in [3.8, 4) is 6.07 Å². The summed E-state index contributed by atoms with van der Waals surface area (Å²) in [5.74, 6) is 0.277. The summed E-state index contributed by atoms with van der Waals surface area (Å²) in [7, 11) is 0. The van der Waals surface area contributed by atoms with Crippen LogP contribution in [0.25, 0.3) is 10.9 Å². The quantitative estimate of drug-likeness (QED) is 0.876. The third-order valence-electron chi connectivity index (χ3n) is 3.13. The number of fused-ring (bicyclic) bond motifs is 1. The topological polar surface area (TPSA) is 65.8 Å². The van der Waals surface area contributed by atoms with Gasteiger partial charge in [0.2, 0.25) is 0 Å². The molecule has 4 nitrogen and oxygen atoms in total. The number of aromatic nitrogens is 1. The van der Waals surface area contributed by atoms with Crippen LogP contribution in [0.15, 0.2) is 35.4 Å². The zero-order chi connectivity index (χ0) is 13.9. The minimum Gasteiger partial charge on any atom is -0.349 e. The van der Waals surface area contributed by atoms with E-state index in [-0.39, 0.29) is 5.91 Å². The number of rotatable bonds is 4. The van der Waals surface area contributed by atoms with Crippen LogP contribution in [0.5, 0.6) is 0 Å². The molecule has 1 heterocycles. The third-order valence-corrected chi connectivity index (χ3v) is 3.91. The first-order valence-corrected chi connectivity index (χ1v) is 7.47. The molecule has 1 saturated carbocycles. The molecule has 0 unspecified atom stereocenters. The lowest BCUT2D eigenvalue weighted by Crippen LogP contribution is -2.25. The molecule has 100 valence electrons. The summed E-state index contributed by atoms with van der Waals surface area (Å²) in [4.78, 5) is 16.8. The molecule has 1 fully saturated rings. The molecule has 0 atom stereocenters. The van der Waals surface area contributed by atoms with Gasteiger partial charge in [0.1, 0.15) is 0 Å². The first-order valence-electron chi connectivity index (χ1n) is 6.48. The maximum atomic E-state index is 12.3. The van der Waals surface area contributed by atoms with E-state index in [2.05, 4.69) is 16.4 Å². The minimum absolute atomic E-state index is 0.0510. The van der Waals surface area contributed by atoms with Crippen LogP contribution in [0.2, 0.25) is 0 Å². The van der Waals surface area contributed by atoms with Crippen molar-refractivity contribution in [3.63, 3.8) is 0 Å². The molecule has 1 aromatic carbocycles. The summed E-state index contributed by atoms with van der Waals surface area (Å²) in [6, 6.07) is 11.8. The van der Waals surface area contributed by atoms with Crippen LogP contribution in [-0.4, -0.2) is 22.7 Å². The summed E-state index contributed by atoms with van der Waals surface area (Å²) >= 11 is 1.35. The highest BCUT2D eigenvalue weighted by Gasteiger charge is 2.24.